The zero-order valence-corrected chi connectivity index (χ0v) is 25.2. The SMILES string of the molecule is CCCCCCCCOc1ccc(-c2ccc(C(=O)Oc3ccc(C(=O)OC[C@@H](C)CC)c(Cl)c3)cc2)cc1[N+](=O)[O-]. The first kappa shape index (κ1) is 32.6. The molecule has 0 radical (unpaired) electrons. The van der Waals surface area contributed by atoms with Gasteiger partial charge in [0.1, 0.15) is 5.75 Å². The summed E-state index contributed by atoms with van der Waals surface area (Å²) in [5.74, 6) is -0.492. The summed E-state index contributed by atoms with van der Waals surface area (Å²) in [6, 6.07) is 15.7. The molecule has 0 saturated heterocycles. The van der Waals surface area contributed by atoms with E-state index in [1.54, 1.807) is 36.4 Å². The molecule has 0 bridgehead atoms. The van der Waals surface area contributed by atoms with Gasteiger partial charge in [-0.1, -0.05) is 89.1 Å². The highest BCUT2D eigenvalue weighted by Crippen LogP contribution is 2.33. The lowest BCUT2D eigenvalue weighted by molar-refractivity contribution is -0.385. The van der Waals surface area contributed by atoms with Gasteiger partial charge in [-0.15, -0.1) is 0 Å². The first-order valence-corrected chi connectivity index (χ1v) is 14.8. The normalized spacial score (nSPS) is 11.5. The maximum atomic E-state index is 12.7. The van der Waals surface area contributed by atoms with Crippen molar-refractivity contribution >= 4 is 29.2 Å². The van der Waals surface area contributed by atoms with Crippen molar-refractivity contribution in [2.75, 3.05) is 13.2 Å². The van der Waals surface area contributed by atoms with Crippen molar-refractivity contribution in [3.8, 4) is 22.6 Å². The molecule has 3 rings (SSSR count). The van der Waals surface area contributed by atoms with E-state index < -0.39 is 16.9 Å². The van der Waals surface area contributed by atoms with Gasteiger partial charge in [-0.05, 0) is 53.8 Å². The van der Waals surface area contributed by atoms with Crippen LogP contribution in [0.1, 0.15) is 86.4 Å². The quantitative estimate of drug-likeness (QED) is 0.0534. The second kappa shape index (κ2) is 16.5. The molecule has 42 heavy (non-hydrogen) atoms. The molecule has 0 N–H and O–H groups in total. The fraction of sp³-hybridized carbons (Fsp3) is 0.394. The molecule has 3 aromatic carbocycles. The standard InChI is InChI=1S/C33H38ClNO7/c1-4-6-7-8-9-10-19-40-31-18-15-26(20-30(31)35(38)39)24-11-13-25(14-12-24)32(36)42-27-16-17-28(29(34)21-27)33(37)41-22-23(3)5-2/h11-18,20-21,23H,4-10,19,22H2,1-3H3/t23-/m0/s1. The van der Waals surface area contributed by atoms with E-state index in [1.165, 1.54) is 43.5 Å². The summed E-state index contributed by atoms with van der Waals surface area (Å²) in [4.78, 5) is 36.3. The number of nitro benzene ring substituents is 1. The molecule has 3 aromatic rings. The zero-order valence-electron chi connectivity index (χ0n) is 24.4. The van der Waals surface area contributed by atoms with Crippen molar-refractivity contribution < 1.29 is 28.7 Å². The largest absolute Gasteiger partial charge is 0.487 e. The number of hydrogen-bond acceptors (Lipinski definition) is 7. The van der Waals surface area contributed by atoms with Gasteiger partial charge in [-0.25, -0.2) is 9.59 Å². The van der Waals surface area contributed by atoms with Crippen LogP contribution in [0.25, 0.3) is 11.1 Å². The number of unbranched alkanes of at least 4 members (excludes halogenated alkanes) is 5. The molecule has 0 aromatic heterocycles. The minimum atomic E-state index is -0.617. The average Bonchev–Trinajstić information content (AvgIpc) is 2.99. The molecule has 0 spiro atoms. The lowest BCUT2D eigenvalue weighted by Gasteiger charge is -2.11. The van der Waals surface area contributed by atoms with Crippen LogP contribution in [-0.2, 0) is 4.74 Å². The lowest BCUT2D eigenvalue weighted by Crippen LogP contribution is -2.12. The van der Waals surface area contributed by atoms with Gasteiger partial charge in [0.2, 0.25) is 0 Å². The fourth-order valence-electron chi connectivity index (χ4n) is 4.13. The first-order valence-electron chi connectivity index (χ1n) is 14.4. The highest BCUT2D eigenvalue weighted by atomic mass is 35.5. The van der Waals surface area contributed by atoms with Crippen LogP contribution < -0.4 is 9.47 Å². The number of halogens is 1. The Morgan fingerprint density at radius 2 is 1.57 bits per heavy atom. The number of carbonyl (C=O) groups is 2. The summed E-state index contributed by atoms with van der Waals surface area (Å²) in [5, 5.41) is 11.8. The Balaban J connectivity index is 1.61. The molecule has 9 heteroatoms. The molecule has 0 aliphatic rings. The number of esters is 2. The molecule has 0 aliphatic carbocycles. The summed E-state index contributed by atoms with van der Waals surface area (Å²) < 4.78 is 16.4. The molecule has 224 valence electrons. The third-order valence-corrected chi connectivity index (χ3v) is 7.24. The van der Waals surface area contributed by atoms with Gasteiger partial charge in [0.15, 0.2) is 5.75 Å². The van der Waals surface area contributed by atoms with Crippen molar-refractivity contribution in [3.05, 3.63) is 86.9 Å². The Morgan fingerprint density at radius 1 is 0.881 bits per heavy atom. The summed E-state index contributed by atoms with van der Waals surface area (Å²) in [6.45, 7) is 6.89. The van der Waals surface area contributed by atoms with Crippen LogP contribution >= 0.6 is 11.6 Å². The van der Waals surface area contributed by atoms with E-state index >= 15 is 0 Å². The number of nitrogens with zero attached hydrogens (tertiary/aromatic N) is 1. The van der Waals surface area contributed by atoms with Crippen LogP contribution in [0.4, 0.5) is 5.69 Å². The summed E-state index contributed by atoms with van der Waals surface area (Å²) in [5.41, 5.74) is 1.68. The second-order valence-electron chi connectivity index (χ2n) is 10.3. The van der Waals surface area contributed by atoms with Crippen LogP contribution in [0.3, 0.4) is 0 Å². The Morgan fingerprint density at radius 3 is 2.24 bits per heavy atom. The summed E-state index contributed by atoms with van der Waals surface area (Å²) >= 11 is 6.25. The molecule has 0 amide bonds. The van der Waals surface area contributed by atoms with Gasteiger partial charge in [0, 0.05) is 12.1 Å². The second-order valence-corrected chi connectivity index (χ2v) is 10.7. The van der Waals surface area contributed by atoms with E-state index in [0.717, 1.165) is 25.7 Å². The van der Waals surface area contributed by atoms with Gasteiger partial charge in [0.25, 0.3) is 0 Å². The van der Waals surface area contributed by atoms with Gasteiger partial charge < -0.3 is 14.2 Å². The number of ether oxygens (including phenoxy) is 3. The van der Waals surface area contributed by atoms with Crippen molar-refractivity contribution in [1.29, 1.82) is 0 Å². The minimum Gasteiger partial charge on any atom is -0.487 e. The van der Waals surface area contributed by atoms with Crippen molar-refractivity contribution in [2.45, 2.75) is 65.7 Å². The molecule has 0 fully saturated rings. The predicted molar refractivity (Wildman–Crippen MR) is 164 cm³/mol. The average molecular weight is 596 g/mol. The lowest BCUT2D eigenvalue weighted by atomic mass is 10.0. The maximum absolute atomic E-state index is 12.7. The van der Waals surface area contributed by atoms with Crippen molar-refractivity contribution in [3.63, 3.8) is 0 Å². The van der Waals surface area contributed by atoms with Crippen LogP contribution in [0.2, 0.25) is 5.02 Å². The van der Waals surface area contributed by atoms with Gasteiger partial charge >= 0.3 is 17.6 Å². The van der Waals surface area contributed by atoms with Crippen LogP contribution in [0.5, 0.6) is 11.5 Å². The summed E-state index contributed by atoms with van der Waals surface area (Å²) in [6.07, 6.45) is 7.50. The third-order valence-electron chi connectivity index (χ3n) is 6.93. The van der Waals surface area contributed by atoms with E-state index in [1.807, 2.05) is 13.8 Å². The maximum Gasteiger partial charge on any atom is 0.343 e. The van der Waals surface area contributed by atoms with Crippen LogP contribution in [0, 0.1) is 16.0 Å². The summed E-state index contributed by atoms with van der Waals surface area (Å²) in [7, 11) is 0. The Labute approximate surface area is 252 Å². The molecule has 0 aliphatic heterocycles. The number of carbonyl (C=O) groups excluding carboxylic acids is 2. The zero-order chi connectivity index (χ0) is 30.5. The number of rotatable bonds is 16. The minimum absolute atomic E-state index is 0.106. The molecular formula is C33H38ClNO7. The molecule has 0 unspecified atom stereocenters. The monoisotopic (exact) mass is 595 g/mol. The highest BCUT2D eigenvalue weighted by Gasteiger charge is 2.18. The Kier molecular flexibility index (Phi) is 12.8. The van der Waals surface area contributed by atoms with Gasteiger partial charge in [-0.2, -0.15) is 0 Å². The predicted octanol–water partition coefficient (Wildman–Crippen LogP) is 9.08. The van der Waals surface area contributed by atoms with E-state index in [4.69, 9.17) is 25.8 Å². The molecular weight excluding hydrogens is 558 g/mol. The smallest absolute Gasteiger partial charge is 0.343 e. The molecule has 1 atom stereocenters. The topological polar surface area (TPSA) is 105 Å². The van der Waals surface area contributed by atoms with E-state index in [2.05, 4.69) is 6.92 Å². The molecule has 0 heterocycles. The van der Waals surface area contributed by atoms with E-state index in [0.29, 0.717) is 24.3 Å². The number of nitro groups is 1. The molecule has 8 nitrogen and oxygen atoms in total. The van der Waals surface area contributed by atoms with Gasteiger partial charge in [0.05, 0.1) is 34.3 Å². The van der Waals surface area contributed by atoms with E-state index in [-0.39, 0.29) is 39.3 Å². The fourth-order valence-corrected chi connectivity index (χ4v) is 4.38. The van der Waals surface area contributed by atoms with Crippen LogP contribution in [-0.4, -0.2) is 30.1 Å². The Hall–Kier alpha value is -3.91. The van der Waals surface area contributed by atoms with E-state index in [9.17, 15) is 19.7 Å². The number of benzene rings is 3. The first-order chi connectivity index (χ1) is 20.2. The van der Waals surface area contributed by atoms with Gasteiger partial charge in [-0.3, -0.25) is 10.1 Å². The van der Waals surface area contributed by atoms with Crippen molar-refractivity contribution in [1.82, 2.24) is 0 Å². The number of hydrogen-bond donors (Lipinski definition) is 0. The highest BCUT2D eigenvalue weighted by molar-refractivity contribution is 6.33. The van der Waals surface area contributed by atoms with Crippen molar-refractivity contribution in [2.24, 2.45) is 5.92 Å². The molecule has 0 saturated carbocycles. The Bertz CT molecular complexity index is 1360. The van der Waals surface area contributed by atoms with Crippen LogP contribution in [0.15, 0.2) is 60.7 Å². The third kappa shape index (κ3) is 9.58.